The highest BCUT2D eigenvalue weighted by atomic mass is 79.9. The van der Waals surface area contributed by atoms with Gasteiger partial charge in [0.05, 0.1) is 17.3 Å². The van der Waals surface area contributed by atoms with E-state index in [1.54, 1.807) is 20.1 Å². The van der Waals surface area contributed by atoms with Crippen LogP contribution in [0.15, 0.2) is 10.5 Å². The van der Waals surface area contributed by atoms with E-state index < -0.39 is 0 Å². The summed E-state index contributed by atoms with van der Waals surface area (Å²) in [5, 5.41) is 8.58. The molecule has 0 saturated carbocycles. The van der Waals surface area contributed by atoms with Crippen LogP contribution in [0, 0.1) is 18.3 Å². The van der Waals surface area contributed by atoms with E-state index in [0.29, 0.717) is 17.1 Å². The van der Waals surface area contributed by atoms with Crippen LogP contribution in [-0.4, -0.2) is 12.1 Å². The number of ether oxygens (including phenoxy) is 1. The summed E-state index contributed by atoms with van der Waals surface area (Å²) in [5.74, 6) is 0.675. The second-order valence-corrected chi connectivity index (χ2v) is 3.07. The lowest BCUT2D eigenvalue weighted by atomic mass is 10.3. The zero-order valence-corrected chi connectivity index (χ0v) is 8.34. The number of pyridine rings is 1. The molecule has 0 aliphatic heterocycles. The van der Waals surface area contributed by atoms with Crippen molar-refractivity contribution in [3.8, 4) is 11.8 Å². The van der Waals surface area contributed by atoms with E-state index in [1.807, 2.05) is 6.07 Å². The van der Waals surface area contributed by atoms with Gasteiger partial charge < -0.3 is 4.74 Å². The Kier molecular flexibility index (Phi) is 2.66. The zero-order valence-electron chi connectivity index (χ0n) is 6.76. The third kappa shape index (κ3) is 1.56. The third-order valence-corrected chi connectivity index (χ3v) is 2.00. The molecule has 0 spiro atoms. The zero-order chi connectivity index (χ0) is 9.14. The average Bonchev–Trinajstić information content (AvgIpc) is 2.03. The van der Waals surface area contributed by atoms with Gasteiger partial charge in [0.2, 0.25) is 0 Å². The van der Waals surface area contributed by atoms with Gasteiger partial charge in [-0.15, -0.1) is 0 Å². The SMILES string of the molecule is COc1c(Br)cc(C#N)nc1C. The third-order valence-electron chi connectivity index (χ3n) is 1.42. The van der Waals surface area contributed by atoms with E-state index in [0.717, 1.165) is 4.47 Å². The maximum Gasteiger partial charge on any atom is 0.154 e. The summed E-state index contributed by atoms with van der Waals surface area (Å²) in [4.78, 5) is 4.01. The van der Waals surface area contributed by atoms with E-state index in [4.69, 9.17) is 10.00 Å². The average molecular weight is 227 g/mol. The van der Waals surface area contributed by atoms with Gasteiger partial charge in [0.25, 0.3) is 0 Å². The Bertz CT molecular complexity index is 320. The van der Waals surface area contributed by atoms with Crippen molar-refractivity contribution < 1.29 is 4.74 Å². The molecule has 4 heteroatoms. The second-order valence-electron chi connectivity index (χ2n) is 2.22. The van der Waals surface area contributed by atoms with Crippen LogP contribution in [-0.2, 0) is 0 Å². The van der Waals surface area contributed by atoms with Crippen molar-refractivity contribution in [1.29, 1.82) is 5.26 Å². The Balaban J connectivity index is 3.30. The molecule has 0 amide bonds. The monoisotopic (exact) mass is 226 g/mol. The Hall–Kier alpha value is -1.08. The molecule has 0 saturated heterocycles. The number of hydrogen-bond donors (Lipinski definition) is 0. The summed E-state index contributed by atoms with van der Waals surface area (Å²) >= 11 is 3.28. The number of halogens is 1. The lowest BCUT2D eigenvalue weighted by Gasteiger charge is -2.05. The minimum atomic E-state index is 0.389. The van der Waals surface area contributed by atoms with E-state index in [-0.39, 0.29) is 0 Å². The van der Waals surface area contributed by atoms with Gasteiger partial charge in [-0.25, -0.2) is 4.98 Å². The molecule has 0 aromatic carbocycles. The van der Waals surface area contributed by atoms with Crippen molar-refractivity contribution in [3.05, 3.63) is 21.9 Å². The number of nitriles is 1. The van der Waals surface area contributed by atoms with Crippen molar-refractivity contribution in [2.24, 2.45) is 0 Å². The molecule has 1 rings (SSSR count). The first-order chi connectivity index (χ1) is 5.69. The molecular weight excluding hydrogens is 220 g/mol. The fourth-order valence-electron chi connectivity index (χ4n) is 0.925. The van der Waals surface area contributed by atoms with Gasteiger partial charge in [-0.1, -0.05) is 0 Å². The predicted octanol–water partition coefficient (Wildman–Crippen LogP) is 2.03. The minimum absolute atomic E-state index is 0.389. The van der Waals surface area contributed by atoms with Gasteiger partial charge in [0.1, 0.15) is 11.8 Å². The van der Waals surface area contributed by atoms with Crippen LogP contribution in [0.25, 0.3) is 0 Å². The van der Waals surface area contributed by atoms with Crippen LogP contribution in [0.2, 0.25) is 0 Å². The molecule has 0 N–H and O–H groups in total. The van der Waals surface area contributed by atoms with Crippen molar-refractivity contribution >= 4 is 15.9 Å². The first kappa shape index (κ1) is 9.01. The maximum absolute atomic E-state index is 8.58. The number of methoxy groups -OCH3 is 1. The van der Waals surface area contributed by atoms with Gasteiger partial charge in [0, 0.05) is 0 Å². The highest BCUT2D eigenvalue weighted by Gasteiger charge is 2.06. The molecule has 0 aliphatic rings. The first-order valence-electron chi connectivity index (χ1n) is 3.30. The summed E-state index contributed by atoms with van der Waals surface area (Å²) < 4.78 is 5.81. The van der Waals surface area contributed by atoms with Crippen LogP contribution < -0.4 is 4.74 Å². The highest BCUT2D eigenvalue weighted by molar-refractivity contribution is 9.10. The Morgan fingerprint density at radius 3 is 2.75 bits per heavy atom. The molecule has 0 unspecified atom stereocenters. The van der Waals surface area contributed by atoms with Crippen molar-refractivity contribution in [2.75, 3.05) is 7.11 Å². The Labute approximate surface area is 79.1 Å². The summed E-state index contributed by atoms with van der Waals surface area (Å²) in [6.07, 6.45) is 0. The summed E-state index contributed by atoms with van der Waals surface area (Å²) in [5.41, 5.74) is 1.10. The molecule has 0 fully saturated rings. The number of aryl methyl sites for hydroxylation is 1. The molecule has 1 aromatic heterocycles. The number of aromatic nitrogens is 1. The largest absolute Gasteiger partial charge is 0.494 e. The van der Waals surface area contributed by atoms with Gasteiger partial charge in [0.15, 0.2) is 5.75 Å². The van der Waals surface area contributed by atoms with Crippen LogP contribution >= 0.6 is 15.9 Å². The molecule has 62 valence electrons. The molecule has 0 bridgehead atoms. The molecule has 12 heavy (non-hydrogen) atoms. The fourth-order valence-corrected chi connectivity index (χ4v) is 1.59. The predicted molar refractivity (Wildman–Crippen MR) is 47.9 cm³/mol. The number of hydrogen-bond acceptors (Lipinski definition) is 3. The number of rotatable bonds is 1. The quantitative estimate of drug-likeness (QED) is 0.737. The highest BCUT2D eigenvalue weighted by Crippen LogP contribution is 2.27. The molecule has 0 aliphatic carbocycles. The first-order valence-corrected chi connectivity index (χ1v) is 4.09. The molecule has 1 aromatic rings. The smallest absolute Gasteiger partial charge is 0.154 e. The molecule has 3 nitrogen and oxygen atoms in total. The van der Waals surface area contributed by atoms with E-state index in [9.17, 15) is 0 Å². The normalized spacial score (nSPS) is 9.17. The molecule has 0 atom stereocenters. The van der Waals surface area contributed by atoms with E-state index in [2.05, 4.69) is 20.9 Å². The topological polar surface area (TPSA) is 45.9 Å². The maximum atomic E-state index is 8.58. The van der Waals surface area contributed by atoms with Crippen LogP contribution in [0.5, 0.6) is 5.75 Å². The lowest BCUT2D eigenvalue weighted by Crippen LogP contribution is -1.94. The van der Waals surface area contributed by atoms with Gasteiger partial charge >= 0.3 is 0 Å². The minimum Gasteiger partial charge on any atom is -0.494 e. The van der Waals surface area contributed by atoms with Crippen LogP contribution in [0.4, 0.5) is 0 Å². The van der Waals surface area contributed by atoms with Crippen molar-refractivity contribution in [1.82, 2.24) is 4.98 Å². The molecular formula is C8H7BrN2O. The number of nitrogens with zero attached hydrogens (tertiary/aromatic N) is 2. The van der Waals surface area contributed by atoms with Crippen molar-refractivity contribution in [3.63, 3.8) is 0 Å². The second kappa shape index (κ2) is 3.55. The summed E-state index contributed by atoms with van der Waals surface area (Å²) in [6.45, 7) is 1.80. The lowest BCUT2D eigenvalue weighted by molar-refractivity contribution is 0.406. The molecule has 0 radical (unpaired) electrons. The van der Waals surface area contributed by atoms with Gasteiger partial charge in [-0.2, -0.15) is 5.26 Å². The van der Waals surface area contributed by atoms with Crippen LogP contribution in [0.1, 0.15) is 11.4 Å². The Morgan fingerprint density at radius 1 is 1.67 bits per heavy atom. The Morgan fingerprint density at radius 2 is 2.33 bits per heavy atom. The van der Waals surface area contributed by atoms with Crippen molar-refractivity contribution in [2.45, 2.75) is 6.92 Å². The standard InChI is InChI=1S/C8H7BrN2O/c1-5-8(12-2)7(9)3-6(4-10)11-5/h3H,1-2H3. The van der Waals surface area contributed by atoms with E-state index in [1.165, 1.54) is 0 Å². The van der Waals surface area contributed by atoms with Crippen LogP contribution in [0.3, 0.4) is 0 Å². The van der Waals surface area contributed by atoms with Gasteiger partial charge in [-0.05, 0) is 28.9 Å². The summed E-state index contributed by atoms with van der Waals surface area (Å²) in [7, 11) is 1.57. The van der Waals surface area contributed by atoms with Gasteiger partial charge in [-0.3, -0.25) is 0 Å². The fraction of sp³-hybridized carbons (Fsp3) is 0.250. The van der Waals surface area contributed by atoms with E-state index >= 15 is 0 Å². The summed E-state index contributed by atoms with van der Waals surface area (Å²) in [6, 6.07) is 3.59. The molecule has 1 heterocycles.